The fraction of sp³-hybridized carbons (Fsp3) is 0.500. The van der Waals surface area contributed by atoms with Gasteiger partial charge in [0.1, 0.15) is 0 Å². The molecule has 0 radical (unpaired) electrons. The van der Waals surface area contributed by atoms with Crippen molar-refractivity contribution in [2.75, 3.05) is 0 Å². The zero-order chi connectivity index (χ0) is 17.1. The predicted octanol–water partition coefficient (Wildman–Crippen LogP) is 4.84. The molecular formula is C20H30O2. The van der Waals surface area contributed by atoms with Crippen LogP contribution < -0.4 is 0 Å². The maximum Gasteiger partial charge on any atom is 0.0874 e. The van der Waals surface area contributed by atoms with Crippen LogP contribution in [0.1, 0.15) is 70.3 Å². The Kier molecular flexibility index (Phi) is 6.16. The van der Waals surface area contributed by atoms with Crippen molar-refractivity contribution in [3.63, 3.8) is 0 Å². The van der Waals surface area contributed by atoms with Gasteiger partial charge in [0.05, 0.1) is 12.2 Å². The van der Waals surface area contributed by atoms with E-state index >= 15 is 0 Å². The number of rotatable bonds is 6. The summed E-state index contributed by atoms with van der Waals surface area (Å²) in [6.45, 7) is 15.9. The van der Waals surface area contributed by atoms with E-state index in [2.05, 4.69) is 26.5 Å². The normalized spacial score (nSPS) is 15.3. The summed E-state index contributed by atoms with van der Waals surface area (Å²) in [6.07, 6.45) is 2.04. The minimum Gasteiger partial charge on any atom is -0.388 e. The Morgan fingerprint density at radius 2 is 1.82 bits per heavy atom. The van der Waals surface area contributed by atoms with Gasteiger partial charge >= 0.3 is 0 Å². The van der Waals surface area contributed by atoms with E-state index in [9.17, 15) is 10.2 Å². The Morgan fingerprint density at radius 1 is 1.23 bits per heavy atom. The second-order valence-electron chi connectivity index (χ2n) is 6.98. The number of hydrogen-bond donors (Lipinski definition) is 2. The average molecular weight is 302 g/mol. The van der Waals surface area contributed by atoms with Gasteiger partial charge < -0.3 is 10.2 Å². The smallest absolute Gasteiger partial charge is 0.0874 e. The van der Waals surface area contributed by atoms with E-state index in [1.54, 1.807) is 12.2 Å². The molecule has 0 aliphatic heterocycles. The van der Waals surface area contributed by atoms with Gasteiger partial charge in [0, 0.05) is 5.41 Å². The first-order chi connectivity index (χ1) is 10.1. The van der Waals surface area contributed by atoms with Gasteiger partial charge in [-0.2, -0.15) is 0 Å². The zero-order valence-electron chi connectivity index (χ0n) is 14.7. The standard InChI is InChI=1S/C20H30O2/c1-8-9-18(21)20(6,7)19(22)16-11-10-15(13(2)3)12-17(16)14(4)5/h8-13,18-19,21-22H,4H2,1-3,5-7H3/b9-8+/t18-,19+/m1/s1. The second-order valence-corrected chi connectivity index (χ2v) is 6.98. The lowest BCUT2D eigenvalue weighted by Crippen LogP contribution is -2.34. The Bertz CT molecular complexity index is 553. The van der Waals surface area contributed by atoms with Gasteiger partial charge in [-0.25, -0.2) is 0 Å². The molecule has 1 aromatic rings. The van der Waals surface area contributed by atoms with Crippen molar-refractivity contribution < 1.29 is 10.2 Å². The molecule has 2 N–H and O–H groups in total. The Labute approximate surface area is 135 Å². The van der Waals surface area contributed by atoms with E-state index in [0.29, 0.717) is 5.92 Å². The number of aliphatic hydroxyl groups is 2. The van der Waals surface area contributed by atoms with Crippen LogP contribution in [0.25, 0.3) is 5.57 Å². The summed E-state index contributed by atoms with van der Waals surface area (Å²) in [6, 6.07) is 6.12. The topological polar surface area (TPSA) is 40.5 Å². The molecule has 0 heterocycles. The first kappa shape index (κ1) is 18.7. The predicted molar refractivity (Wildman–Crippen MR) is 94.8 cm³/mol. The largest absolute Gasteiger partial charge is 0.388 e. The van der Waals surface area contributed by atoms with Crippen LogP contribution >= 0.6 is 0 Å². The molecule has 2 heteroatoms. The van der Waals surface area contributed by atoms with Gasteiger partial charge in [0.15, 0.2) is 0 Å². The molecule has 0 aromatic heterocycles. The molecule has 2 atom stereocenters. The summed E-state index contributed by atoms with van der Waals surface area (Å²) in [5.41, 5.74) is 3.26. The molecule has 2 nitrogen and oxygen atoms in total. The molecule has 0 spiro atoms. The third-order valence-electron chi connectivity index (χ3n) is 4.34. The van der Waals surface area contributed by atoms with E-state index in [1.807, 2.05) is 39.8 Å². The second kappa shape index (κ2) is 7.26. The first-order valence-corrected chi connectivity index (χ1v) is 7.91. The SMILES string of the molecule is C=C(C)c1cc(C(C)C)ccc1[C@H](O)C(C)(C)[C@H](O)/C=C/C. The van der Waals surface area contributed by atoms with Crippen molar-refractivity contribution in [1.29, 1.82) is 0 Å². The van der Waals surface area contributed by atoms with Crippen LogP contribution in [-0.2, 0) is 0 Å². The number of hydrogen-bond acceptors (Lipinski definition) is 2. The molecule has 0 bridgehead atoms. The maximum absolute atomic E-state index is 10.9. The zero-order valence-corrected chi connectivity index (χ0v) is 14.7. The number of benzene rings is 1. The fourth-order valence-corrected chi connectivity index (χ4v) is 2.53. The molecule has 0 aliphatic carbocycles. The van der Waals surface area contributed by atoms with Crippen LogP contribution in [0, 0.1) is 5.41 Å². The van der Waals surface area contributed by atoms with Crippen molar-refractivity contribution in [1.82, 2.24) is 0 Å². The maximum atomic E-state index is 10.9. The summed E-state index contributed by atoms with van der Waals surface area (Å²) in [4.78, 5) is 0. The molecule has 0 saturated carbocycles. The van der Waals surface area contributed by atoms with Crippen LogP contribution in [-0.4, -0.2) is 16.3 Å². The molecule has 0 aliphatic rings. The minimum absolute atomic E-state index is 0.422. The molecular weight excluding hydrogens is 272 g/mol. The number of aliphatic hydroxyl groups excluding tert-OH is 2. The molecule has 1 aromatic carbocycles. The third kappa shape index (κ3) is 3.88. The van der Waals surface area contributed by atoms with Crippen LogP contribution in [0.3, 0.4) is 0 Å². The first-order valence-electron chi connectivity index (χ1n) is 7.91. The van der Waals surface area contributed by atoms with Crippen LogP contribution in [0.15, 0.2) is 36.9 Å². The summed E-state index contributed by atoms with van der Waals surface area (Å²) < 4.78 is 0. The summed E-state index contributed by atoms with van der Waals surface area (Å²) in [5, 5.41) is 21.2. The van der Waals surface area contributed by atoms with Crippen molar-refractivity contribution in [2.45, 2.75) is 59.7 Å². The lowest BCUT2D eigenvalue weighted by molar-refractivity contribution is -0.0274. The van der Waals surface area contributed by atoms with E-state index in [0.717, 1.165) is 16.7 Å². The molecule has 22 heavy (non-hydrogen) atoms. The molecule has 0 unspecified atom stereocenters. The summed E-state index contributed by atoms with van der Waals surface area (Å²) >= 11 is 0. The van der Waals surface area contributed by atoms with Gasteiger partial charge in [-0.3, -0.25) is 0 Å². The monoisotopic (exact) mass is 302 g/mol. The molecule has 0 amide bonds. The van der Waals surface area contributed by atoms with Gasteiger partial charge in [-0.1, -0.05) is 70.2 Å². The van der Waals surface area contributed by atoms with E-state index in [1.165, 1.54) is 5.56 Å². The van der Waals surface area contributed by atoms with E-state index in [4.69, 9.17) is 0 Å². The van der Waals surface area contributed by atoms with Crippen LogP contribution in [0.2, 0.25) is 0 Å². The third-order valence-corrected chi connectivity index (χ3v) is 4.34. The van der Waals surface area contributed by atoms with Crippen molar-refractivity contribution in [3.05, 3.63) is 53.6 Å². The van der Waals surface area contributed by atoms with Gasteiger partial charge in [0.2, 0.25) is 0 Å². The minimum atomic E-state index is -0.772. The molecule has 1 rings (SSSR count). The van der Waals surface area contributed by atoms with Gasteiger partial charge in [0.25, 0.3) is 0 Å². The van der Waals surface area contributed by atoms with Crippen molar-refractivity contribution in [2.24, 2.45) is 5.41 Å². The Morgan fingerprint density at radius 3 is 2.27 bits per heavy atom. The highest BCUT2D eigenvalue weighted by Gasteiger charge is 2.36. The van der Waals surface area contributed by atoms with Crippen molar-refractivity contribution >= 4 is 5.57 Å². The number of allylic oxidation sites excluding steroid dienone is 2. The van der Waals surface area contributed by atoms with Crippen molar-refractivity contribution in [3.8, 4) is 0 Å². The Hall–Kier alpha value is -1.38. The Balaban J connectivity index is 3.33. The molecule has 0 fully saturated rings. The summed E-state index contributed by atoms with van der Waals surface area (Å²) in [7, 11) is 0. The lowest BCUT2D eigenvalue weighted by Gasteiger charge is -2.35. The summed E-state index contributed by atoms with van der Waals surface area (Å²) in [5.74, 6) is 0.422. The molecule has 122 valence electrons. The highest BCUT2D eigenvalue weighted by atomic mass is 16.3. The average Bonchev–Trinajstić information content (AvgIpc) is 2.45. The van der Waals surface area contributed by atoms with Gasteiger partial charge in [-0.15, -0.1) is 0 Å². The van der Waals surface area contributed by atoms with E-state index < -0.39 is 17.6 Å². The van der Waals surface area contributed by atoms with Gasteiger partial charge in [-0.05, 0) is 36.5 Å². The quantitative estimate of drug-likeness (QED) is 0.738. The fourth-order valence-electron chi connectivity index (χ4n) is 2.53. The highest BCUT2D eigenvalue weighted by molar-refractivity contribution is 5.66. The molecule has 0 saturated heterocycles. The van der Waals surface area contributed by atoms with E-state index in [-0.39, 0.29) is 0 Å². The highest BCUT2D eigenvalue weighted by Crippen LogP contribution is 2.40. The van der Waals surface area contributed by atoms with Crippen LogP contribution in [0.4, 0.5) is 0 Å². The lowest BCUT2D eigenvalue weighted by atomic mass is 9.75. The van der Waals surface area contributed by atoms with Crippen LogP contribution in [0.5, 0.6) is 0 Å².